The van der Waals surface area contributed by atoms with Gasteiger partial charge in [0.2, 0.25) is 0 Å². The first-order valence-corrected chi connectivity index (χ1v) is 10.2. The number of nitrogens with zero attached hydrogens (tertiary/aromatic N) is 3. The highest BCUT2D eigenvalue weighted by molar-refractivity contribution is 7.22. The Labute approximate surface area is 162 Å². The van der Waals surface area contributed by atoms with Crippen molar-refractivity contribution in [2.75, 3.05) is 44.2 Å². The van der Waals surface area contributed by atoms with Gasteiger partial charge in [-0.1, -0.05) is 30.4 Å². The average molecular weight is 385 g/mol. The molecule has 1 aliphatic rings. The highest BCUT2D eigenvalue weighted by Gasteiger charge is 2.20. The molecule has 0 radical (unpaired) electrons. The summed E-state index contributed by atoms with van der Waals surface area (Å²) in [6.07, 6.45) is 2.53. The summed E-state index contributed by atoms with van der Waals surface area (Å²) in [4.78, 5) is 21.5. The van der Waals surface area contributed by atoms with E-state index in [0.29, 0.717) is 12.3 Å². The maximum atomic E-state index is 11.9. The highest BCUT2D eigenvalue weighted by atomic mass is 32.1. The van der Waals surface area contributed by atoms with Gasteiger partial charge in [0.1, 0.15) is 0 Å². The van der Waals surface area contributed by atoms with Crippen LogP contribution in [0.2, 0.25) is 0 Å². The van der Waals surface area contributed by atoms with Crippen LogP contribution >= 0.6 is 11.3 Å². The number of hydrogen-bond acceptors (Lipinski definition) is 6. The summed E-state index contributed by atoms with van der Waals surface area (Å²) < 4.78 is 6.37. The fraction of sp³-hybridized carbons (Fsp3) is 0.400. The first-order chi connectivity index (χ1) is 13.2. The molecule has 1 N–H and O–H groups in total. The standard InChI is InChI=1S/C20H24N4O2S/c1-2-15-5-3-7-17-18(15)22-20(27-17)24-12-10-23(11-13-24)9-8-21-19(25)16-6-4-14-26-16/h3-7,14H,2,8-13H2,1H3,(H,21,25). The van der Waals surface area contributed by atoms with Gasteiger partial charge in [-0.15, -0.1) is 0 Å². The normalized spacial score (nSPS) is 15.4. The van der Waals surface area contributed by atoms with Crippen molar-refractivity contribution >= 4 is 32.6 Å². The third kappa shape index (κ3) is 3.99. The van der Waals surface area contributed by atoms with Gasteiger partial charge in [0, 0.05) is 39.3 Å². The van der Waals surface area contributed by atoms with Crippen LogP contribution in [0.25, 0.3) is 10.2 Å². The van der Waals surface area contributed by atoms with Crippen molar-refractivity contribution in [3.63, 3.8) is 0 Å². The van der Waals surface area contributed by atoms with Crippen LogP contribution in [0.5, 0.6) is 0 Å². The van der Waals surface area contributed by atoms with Gasteiger partial charge >= 0.3 is 0 Å². The second-order valence-electron chi connectivity index (χ2n) is 6.68. The van der Waals surface area contributed by atoms with Gasteiger partial charge in [-0.3, -0.25) is 9.69 Å². The zero-order valence-electron chi connectivity index (χ0n) is 15.5. The number of aromatic nitrogens is 1. The third-order valence-electron chi connectivity index (χ3n) is 4.97. The Morgan fingerprint density at radius 2 is 2.07 bits per heavy atom. The number of carbonyl (C=O) groups is 1. The molecule has 0 bridgehead atoms. The summed E-state index contributed by atoms with van der Waals surface area (Å²) >= 11 is 1.78. The molecule has 3 aromatic rings. The Hall–Kier alpha value is -2.38. The molecular weight excluding hydrogens is 360 g/mol. The molecule has 1 aromatic carbocycles. The third-order valence-corrected chi connectivity index (χ3v) is 6.05. The van der Waals surface area contributed by atoms with Gasteiger partial charge in [-0.2, -0.15) is 0 Å². The Bertz CT molecular complexity index is 898. The molecule has 1 saturated heterocycles. The number of anilines is 1. The number of benzene rings is 1. The summed E-state index contributed by atoms with van der Waals surface area (Å²) in [6.45, 7) is 7.54. The number of hydrogen-bond donors (Lipinski definition) is 1. The first kappa shape index (κ1) is 18.0. The molecule has 142 valence electrons. The second-order valence-corrected chi connectivity index (χ2v) is 7.68. The Balaban J connectivity index is 1.28. The lowest BCUT2D eigenvalue weighted by molar-refractivity contribution is 0.0920. The number of furan rings is 1. The molecule has 0 aliphatic carbocycles. The Morgan fingerprint density at radius 1 is 1.22 bits per heavy atom. The molecular formula is C20H24N4O2S. The van der Waals surface area contributed by atoms with Crippen molar-refractivity contribution in [2.45, 2.75) is 13.3 Å². The van der Waals surface area contributed by atoms with Crippen molar-refractivity contribution < 1.29 is 9.21 Å². The van der Waals surface area contributed by atoms with E-state index in [2.05, 4.69) is 40.2 Å². The smallest absolute Gasteiger partial charge is 0.287 e. The highest BCUT2D eigenvalue weighted by Crippen LogP contribution is 2.31. The number of thiazole rings is 1. The van der Waals surface area contributed by atoms with Crippen LogP contribution in [0.4, 0.5) is 5.13 Å². The number of carbonyl (C=O) groups excluding carboxylic acids is 1. The molecule has 0 spiro atoms. The van der Waals surface area contributed by atoms with E-state index >= 15 is 0 Å². The molecule has 27 heavy (non-hydrogen) atoms. The van der Waals surface area contributed by atoms with E-state index in [0.717, 1.165) is 49.8 Å². The zero-order chi connectivity index (χ0) is 18.6. The number of para-hydroxylation sites is 1. The maximum Gasteiger partial charge on any atom is 0.287 e. The lowest BCUT2D eigenvalue weighted by atomic mass is 10.1. The molecule has 6 nitrogen and oxygen atoms in total. The Kier molecular flexibility index (Phi) is 5.40. The molecule has 0 saturated carbocycles. The van der Waals surface area contributed by atoms with Crippen LogP contribution in [0, 0.1) is 0 Å². The van der Waals surface area contributed by atoms with Gasteiger partial charge in [0.05, 0.1) is 16.5 Å². The van der Waals surface area contributed by atoms with Crippen LogP contribution in [0.1, 0.15) is 23.0 Å². The minimum atomic E-state index is -0.153. The fourth-order valence-electron chi connectivity index (χ4n) is 3.40. The molecule has 0 atom stereocenters. The SMILES string of the molecule is CCc1cccc2sc(N3CCN(CCNC(=O)c4ccco4)CC3)nc12. The zero-order valence-corrected chi connectivity index (χ0v) is 16.3. The van der Waals surface area contributed by atoms with Gasteiger partial charge in [0.15, 0.2) is 10.9 Å². The molecule has 3 heterocycles. The van der Waals surface area contributed by atoms with Gasteiger partial charge in [0.25, 0.3) is 5.91 Å². The number of aryl methyl sites for hydroxylation is 1. The predicted molar refractivity (Wildman–Crippen MR) is 109 cm³/mol. The van der Waals surface area contributed by atoms with Crippen molar-refractivity contribution in [3.05, 3.63) is 47.9 Å². The van der Waals surface area contributed by atoms with E-state index in [4.69, 9.17) is 9.40 Å². The monoisotopic (exact) mass is 384 g/mol. The number of fused-ring (bicyclic) bond motifs is 1. The summed E-state index contributed by atoms with van der Waals surface area (Å²) in [5.41, 5.74) is 2.48. The van der Waals surface area contributed by atoms with Crippen molar-refractivity contribution in [3.8, 4) is 0 Å². The van der Waals surface area contributed by atoms with Gasteiger partial charge in [-0.25, -0.2) is 4.98 Å². The van der Waals surface area contributed by atoms with Crippen LogP contribution in [-0.4, -0.2) is 55.1 Å². The van der Waals surface area contributed by atoms with Crippen molar-refractivity contribution in [1.82, 2.24) is 15.2 Å². The minimum Gasteiger partial charge on any atom is -0.459 e. The van der Waals surface area contributed by atoms with E-state index in [1.807, 2.05) is 0 Å². The van der Waals surface area contributed by atoms with E-state index in [1.165, 1.54) is 16.5 Å². The summed E-state index contributed by atoms with van der Waals surface area (Å²) in [6, 6.07) is 9.85. The molecule has 2 aromatic heterocycles. The van der Waals surface area contributed by atoms with Gasteiger partial charge < -0.3 is 14.6 Å². The number of nitrogens with one attached hydrogen (secondary N) is 1. The second kappa shape index (κ2) is 8.10. The molecule has 1 aliphatic heterocycles. The minimum absolute atomic E-state index is 0.153. The molecule has 1 amide bonds. The number of piperazine rings is 1. The van der Waals surface area contributed by atoms with Gasteiger partial charge in [-0.05, 0) is 30.2 Å². The average Bonchev–Trinajstić information content (AvgIpc) is 3.38. The van der Waals surface area contributed by atoms with Crippen LogP contribution in [0.3, 0.4) is 0 Å². The van der Waals surface area contributed by atoms with Crippen LogP contribution in [-0.2, 0) is 6.42 Å². The molecule has 1 fully saturated rings. The van der Waals surface area contributed by atoms with Crippen molar-refractivity contribution in [1.29, 1.82) is 0 Å². The summed E-state index contributed by atoms with van der Waals surface area (Å²) in [7, 11) is 0. The summed E-state index contributed by atoms with van der Waals surface area (Å²) in [5, 5.41) is 4.03. The van der Waals surface area contributed by atoms with E-state index < -0.39 is 0 Å². The lowest BCUT2D eigenvalue weighted by Crippen LogP contribution is -2.48. The molecule has 0 unspecified atom stereocenters. The van der Waals surface area contributed by atoms with Crippen LogP contribution in [0.15, 0.2) is 41.0 Å². The van der Waals surface area contributed by atoms with Crippen molar-refractivity contribution in [2.24, 2.45) is 0 Å². The maximum absolute atomic E-state index is 11.9. The Morgan fingerprint density at radius 3 is 2.81 bits per heavy atom. The van der Waals surface area contributed by atoms with E-state index in [1.54, 1.807) is 23.5 Å². The predicted octanol–water partition coefficient (Wildman–Crippen LogP) is 3.00. The largest absolute Gasteiger partial charge is 0.459 e. The summed E-state index contributed by atoms with van der Waals surface area (Å²) in [5.74, 6) is 0.210. The molecule has 4 rings (SSSR count). The van der Waals surface area contributed by atoms with Crippen LogP contribution < -0.4 is 10.2 Å². The lowest BCUT2D eigenvalue weighted by Gasteiger charge is -2.34. The fourth-order valence-corrected chi connectivity index (χ4v) is 4.46. The van der Waals surface area contributed by atoms with E-state index in [-0.39, 0.29) is 5.91 Å². The number of amides is 1. The first-order valence-electron chi connectivity index (χ1n) is 9.42. The molecule has 7 heteroatoms. The number of rotatable bonds is 6. The quantitative estimate of drug-likeness (QED) is 0.708. The topological polar surface area (TPSA) is 61.6 Å². The van der Waals surface area contributed by atoms with E-state index in [9.17, 15) is 4.79 Å².